The number of methoxy groups -OCH3 is 7. The molecule has 0 amide bonds. The Hall–Kier alpha value is -15.1. The maximum Gasteiger partial charge on any atom is 0.149 e. The Morgan fingerprint density at radius 1 is 0.432 bits per heavy atom. The van der Waals surface area contributed by atoms with Crippen LogP contribution in [0.25, 0.3) is 89.2 Å². The van der Waals surface area contributed by atoms with E-state index in [1.807, 2.05) is 165 Å². The number of anilines is 8. The number of fused-ring (bicyclic) bond motifs is 4. The number of ketones is 1. The monoisotopic (exact) mass is 1770 g/mol. The van der Waals surface area contributed by atoms with Gasteiger partial charge in [-0.1, -0.05) is 0 Å². The molecule has 2 saturated carbocycles. The van der Waals surface area contributed by atoms with Gasteiger partial charge in [0.2, 0.25) is 0 Å². The Morgan fingerprint density at radius 2 is 0.765 bits per heavy atom. The lowest BCUT2D eigenvalue weighted by atomic mass is 9.92. The molecule has 676 valence electrons. The van der Waals surface area contributed by atoms with Crippen molar-refractivity contribution in [2.45, 2.75) is 77.0 Å². The highest BCUT2D eigenvalue weighted by Gasteiger charge is 2.32. The van der Waals surface area contributed by atoms with Gasteiger partial charge in [0.1, 0.15) is 46.0 Å². The van der Waals surface area contributed by atoms with Gasteiger partial charge < -0.3 is 68.9 Å². The molecule has 1 saturated heterocycles. The number of nitrogens with two attached hydrogens (primary N) is 1. The quantitative estimate of drug-likeness (QED) is 0.0268. The molecule has 19 rings (SSSR count). The number of terminal acetylenes is 1. The molecule has 8 aromatic carbocycles. The van der Waals surface area contributed by atoms with Gasteiger partial charge in [0.25, 0.3) is 0 Å². The fourth-order valence-electron chi connectivity index (χ4n) is 15.8. The molecule has 31 heteroatoms. The highest BCUT2D eigenvalue weighted by molar-refractivity contribution is 5.90. The molecule has 0 atom stereocenters. The number of unbranched alkanes of at least 4 members (excludes halogenated alkanes) is 1. The molecule has 2 aliphatic carbocycles. The molecule has 0 bridgehead atoms. The maximum atomic E-state index is 12.1. The average Bonchev–Trinajstić information content (AvgIpc) is 1.33. The summed E-state index contributed by atoms with van der Waals surface area (Å²) in [4.78, 5) is 58.7. The zero-order valence-electron chi connectivity index (χ0n) is 76.1. The van der Waals surface area contributed by atoms with Crippen LogP contribution in [0.15, 0.2) is 220 Å². The van der Waals surface area contributed by atoms with Gasteiger partial charge >= 0.3 is 0 Å². The normalized spacial score (nSPS) is 13.2. The molecular formula is C101H108N22O9. The van der Waals surface area contributed by atoms with E-state index in [0.29, 0.717) is 42.8 Å². The van der Waals surface area contributed by atoms with Crippen LogP contribution >= 0.6 is 0 Å². The summed E-state index contributed by atoms with van der Waals surface area (Å²) in [5, 5.41) is 31.4. The molecule has 9 heterocycles. The number of aliphatic hydroxyl groups is 1. The van der Waals surface area contributed by atoms with Crippen molar-refractivity contribution in [2.24, 2.45) is 38.7 Å². The molecule has 31 nitrogen and oxygen atoms in total. The molecular weight excluding hydrogens is 1670 g/mol. The fourth-order valence-corrected chi connectivity index (χ4v) is 15.8. The molecule has 8 aromatic heterocycles. The van der Waals surface area contributed by atoms with E-state index >= 15 is 0 Å². The van der Waals surface area contributed by atoms with E-state index in [4.69, 9.17) is 65.3 Å². The van der Waals surface area contributed by atoms with Crippen LogP contribution in [0, 0.1) is 24.2 Å². The number of piperidine rings is 1. The van der Waals surface area contributed by atoms with Gasteiger partial charge in [-0.3, -0.25) is 43.5 Å². The summed E-state index contributed by atoms with van der Waals surface area (Å²) in [6, 6.07) is 47.9. The summed E-state index contributed by atoms with van der Waals surface area (Å²) < 4.78 is 45.4. The Kier molecular flexibility index (Phi) is 28.1. The van der Waals surface area contributed by atoms with Crippen molar-refractivity contribution in [3.8, 4) is 97.6 Å². The fraction of sp³-hybridized carbons (Fsp3) is 0.297. The van der Waals surface area contributed by atoms with Crippen LogP contribution < -0.4 is 63.8 Å². The molecule has 16 aromatic rings. The largest absolute Gasteiger partial charge is 0.497 e. The summed E-state index contributed by atoms with van der Waals surface area (Å²) in [5.74, 6) is 9.18. The number of carbonyl (C=O) groups is 1. The lowest BCUT2D eigenvalue weighted by Crippen LogP contribution is -2.44. The van der Waals surface area contributed by atoms with Crippen molar-refractivity contribution in [3.05, 3.63) is 226 Å². The second-order valence-electron chi connectivity index (χ2n) is 33.1. The number of benzene rings is 8. The van der Waals surface area contributed by atoms with E-state index in [2.05, 4.69) is 103 Å². The lowest BCUT2D eigenvalue weighted by Gasteiger charge is -2.32. The van der Waals surface area contributed by atoms with Gasteiger partial charge in [0, 0.05) is 207 Å². The summed E-state index contributed by atoms with van der Waals surface area (Å²) in [5.41, 5.74) is 27.3. The van der Waals surface area contributed by atoms with Gasteiger partial charge in [0.05, 0.1) is 185 Å². The zero-order valence-corrected chi connectivity index (χ0v) is 76.1. The topological polar surface area (TPSA) is 327 Å². The third kappa shape index (κ3) is 22.2. The Balaban J connectivity index is 0.000000129. The van der Waals surface area contributed by atoms with Crippen molar-refractivity contribution >= 4 is 95.4 Å². The third-order valence-electron chi connectivity index (χ3n) is 23.3. The minimum atomic E-state index is -0.730. The summed E-state index contributed by atoms with van der Waals surface area (Å²) >= 11 is 0. The van der Waals surface area contributed by atoms with Gasteiger partial charge in [-0.25, -0.2) is 19.9 Å². The number of carbonyl (C=O) groups excluding carboxylic acids is 1. The first-order valence-corrected chi connectivity index (χ1v) is 43.8. The van der Waals surface area contributed by atoms with E-state index in [9.17, 15) is 9.90 Å². The minimum absolute atomic E-state index is 0.0251. The summed E-state index contributed by atoms with van der Waals surface area (Å²) in [7, 11) is 17.2. The molecule has 132 heavy (non-hydrogen) atoms. The van der Waals surface area contributed by atoms with Crippen molar-refractivity contribution in [3.63, 3.8) is 0 Å². The van der Waals surface area contributed by atoms with Gasteiger partial charge in [-0.05, 0) is 167 Å². The maximum absolute atomic E-state index is 12.1. The zero-order chi connectivity index (χ0) is 91.9. The Bertz CT molecular complexity index is 6700. The number of rotatable bonds is 31. The predicted octanol–water partition coefficient (Wildman–Crippen LogP) is 16.6. The smallest absolute Gasteiger partial charge is 0.149 e. The summed E-state index contributed by atoms with van der Waals surface area (Å²) in [6.45, 7) is 6.95. The second-order valence-corrected chi connectivity index (χ2v) is 33.1. The van der Waals surface area contributed by atoms with Crippen LogP contribution in [0.3, 0.4) is 0 Å². The van der Waals surface area contributed by atoms with E-state index in [0.717, 1.165) is 221 Å². The number of nitrogens with one attached hydrogen (secondary N) is 1. The SMILES string of the molecule is C#CCCCN(c1cc(OC)cc(OC)c1)c1ccc2ncc(-c3cnn(C)c3)nc2c1.COc1cc(CN)cc(N(CC2CC2)c2ccc3ncc(-c4cnn(C)c4)nc3c2)c1.COc1cc(OC)cc(N(CC(C)=O)c2ccc3ncc(-c4cnn(C)c4)nc3c2)c1.COc1cc(OC)cc(N(CC2CC2)c2ccc3ncc(-c4cnn(CC5(O)CCNCC5)c4)nc3c2)c1. The number of aryl methyl sites for hydroxylation is 3. The molecule has 3 fully saturated rings. The van der Waals surface area contributed by atoms with Crippen LogP contribution in [0.1, 0.15) is 63.9 Å². The van der Waals surface area contributed by atoms with E-state index < -0.39 is 5.60 Å². The highest BCUT2D eigenvalue weighted by Crippen LogP contribution is 2.43. The Morgan fingerprint density at radius 3 is 1.11 bits per heavy atom. The van der Waals surface area contributed by atoms with Crippen LogP contribution in [-0.2, 0) is 39.0 Å². The summed E-state index contributed by atoms with van der Waals surface area (Å²) in [6.07, 6.45) is 35.4. The van der Waals surface area contributed by atoms with Crippen LogP contribution in [0.4, 0.5) is 45.5 Å². The van der Waals surface area contributed by atoms with Gasteiger partial charge in [-0.2, -0.15) is 20.4 Å². The first kappa shape index (κ1) is 90.2. The molecule has 3 aliphatic rings. The number of ether oxygens (including phenoxy) is 7. The van der Waals surface area contributed by atoms with Gasteiger partial charge in [-0.15, -0.1) is 12.3 Å². The van der Waals surface area contributed by atoms with E-state index in [1.54, 1.807) is 120 Å². The average molecular weight is 1770 g/mol. The van der Waals surface area contributed by atoms with Crippen molar-refractivity contribution in [1.82, 2.24) is 84.3 Å². The van der Waals surface area contributed by atoms with Crippen LogP contribution in [-0.4, -0.2) is 185 Å². The van der Waals surface area contributed by atoms with Crippen LogP contribution in [0.5, 0.6) is 40.2 Å². The third-order valence-corrected chi connectivity index (χ3v) is 23.3. The van der Waals surface area contributed by atoms with Crippen LogP contribution in [0.2, 0.25) is 0 Å². The van der Waals surface area contributed by atoms with Crippen molar-refractivity contribution < 1.29 is 43.1 Å². The number of aromatic nitrogens is 16. The van der Waals surface area contributed by atoms with Crippen molar-refractivity contribution in [1.29, 1.82) is 0 Å². The van der Waals surface area contributed by atoms with E-state index in [1.165, 1.54) is 25.7 Å². The molecule has 0 unspecified atom stereocenters. The second kappa shape index (κ2) is 41.1. The minimum Gasteiger partial charge on any atom is -0.497 e. The van der Waals surface area contributed by atoms with Gasteiger partial charge in [0.15, 0.2) is 0 Å². The Labute approximate surface area is 766 Å². The predicted molar refractivity (Wildman–Crippen MR) is 515 cm³/mol. The first-order chi connectivity index (χ1) is 64.2. The standard InChI is InChI=1S/C29H34N6O3.C25H25N5O2.C24H26N6O.C23H23N5O3/c1-37-24-11-23(12-25(14-24)38-2)35(17-20-3-4-20)22-5-6-26-27(13-22)33-28(16-31-26)21-15-32-34(18-21)19-29(36)7-9-30-10-8-29;1-5-6-7-10-30(20-11-21(31-3)14-22(12-20)32-4)19-8-9-23-24(13-19)28-25(16-26-23)18-15-27-29(2)17-18;1-29-15-18(12-27-29)24-13-26-22-6-5-19(10-23(22)28-24)30(14-16-3-4-16)20-7-17(11-25)8-21(9-20)31-2;1-15(29)13-28(18-7-19(30-3)10-20(8-18)31-4)17-5-6-21-22(9-17)26-23(12-24-21)16-11-25-27(2)14-16/h5-6,11-16,18,20,30,36H,3-4,7-10,17,19H2,1-2H3;1,8-9,11-17H,6-7,10H2,2-4H3;5-10,12-13,15-16H,3-4,11,14,25H2,1-2H3;5-12,14H,13H2,1-4H3. The van der Waals surface area contributed by atoms with E-state index in [-0.39, 0.29) is 12.3 Å². The number of hydrogen-bond acceptors (Lipinski definition) is 27. The number of hydrogen-bond donors (Lipinski definition) is 3. The number of Topliss-reactive ketones (excluding diaryl/α,β-unsaturated/α-hetero) is 1. The van der Waals surface area contributed by atoms with Crippen molar-refractivity contribution in [2.75, 3.05) is 109 Å². The molecule has 1 aliphatic heterocycles. The molecule has 0 radical (unpaired) electrons. The lowest BCUT2D eigenvalue weighted by molar-refractivity contribution is -0.115. The molecule has 0 spiro atoms. The highest BCUT2D eigenvalue weighted by atomic mass is 16.5. The first-order valence-electron chi connectivity index (χ1n) is 43.8. The molecule has 4 N–H and O–H groups in total. The number of nitrogens with zero attached hydrogens (tertiary/aromatic N) is 20.